The molecule has 0 saturated heterocycles. The predicted molar refractivity (Wildman–Crippen MR) is 43.7 cm³/mol. The zero-order valence-electron chi connectivity index (χ0n) is 9.15. The summed E-state index contributed by atoms with van der Waals surface area (Å²) in [7, 11) is 0. The average Bonchev–Trinajstić information content (AvgIpc) is 2.79. The van der Waals surface area contributed by atoms with Crippen molar-refractivity contribution < 1.29 is 44.3 Å². The summed E-state index contributed by atoms with van der Waals surface area (Å²) < 4.78 is 112. The SMILES string of the molecule is O=C(Nc1nn[nH]n1)C(F)(F)C(F)(F)C(F)(F)C(F)(F)F. The molecule has 0 radical (unpaired) electrons. The van der Waals surface area contributed by atoms with E-state index in [0.29, 0.717) is 0 Å². The molecule has 1 rings (SSSR count). The van der Waals surface area contributed by atoms with Gasteiger partial charge in [-0.2, -0.15) is 44.7 Å². The maximum Gasteiger partial charge on any atom is 0.460 e. The molecule has 0 spiro atoms. The van der Waals surface area contributed by atoms with Crippen molar-refractivity contribution in [3.63, 3.8) is 0 Å². The van der Waals surface area contributed by atoms with Gasteiger partial charge < -0.3 is 0 Å². The van der Waals surface area contributed by atoms with Gasteiger partial charge in [-0.05, 0) is 5.21 Å². The first-order valence-corrected chi connectivity index (χ1v) is 4.50. The highest BCUT2D eigenvalue weighted by Gasteiger charge is 2.83. The molecule has 0 aliphatic carbocycles. The number of tetrazole rings is 1. The van der Waals surface area contributed by atoms with E-state index >= 15 is 0 Å². The summed E-state index contributed by atoms with van der Waals surface area (Å²) in [5.41, 5.74) is 0. The van der Waals surface area contributed by atoms with Crippen molar-refractivity contribution >= 4 is 11.9 Å². The molecule has 6 nitrogen and oxygen atoms in total. The number of alkyl halides is 9. The fourth-order valence-corrected chi connectivity index (χ4v) is 0.913. The number of rotatable bonds is 4. The van der Waals surface area contributed by atoms with Crippen molar-refractivity contribution in [1.29, 1.82) is 0 Å². The molecule has 0 bridgehead atoms. The monoisotopic (exact) mass is 331 g/mol. The molecule has 0 saturated carbocycles. The number of hydrogen-bond donors (Lipinski definition) is 2. The fourth-order valence-electron chi connectivity index (χ4n) is 0.913. The van der Waals surface area contributed by atoms with Gasteiger partial charge in [-0.25, -0.2) is 0 Å². The number of amides is 1. The number of hydrogen-bond acceptors (Lipinski definition) is 4. The summed E-state index contributed by atoms with van der Waals surface area (Å²) >= 11 is 0. The van der Waals surface area contributed by atoms with E-state index in [2.05, 4.69) is 15.4 Å². The molecule has 0 fully saturated rings. The van der Waals surface area contributed by atoms with Crippen LogP contribution in [0.2, 0.25) is 0 Å². The summed E-state index contributed by atoms with van der Waals surface area (Å²) in [6, 6.07) is 0. The normalized spacial score (nSPS) is 14.1. The quantitative estimate of drug-likeness (QED) is 0.821. The van der Waals surface area contributed by atoms with Gasteiger partial charge >= 0.3 is 29.9 Å². The van der Waals surface area contributed by atoms with Gasteiger partial charge in [0.2, 0.25) is 0 Å². The molecular formula is C6H2F9N5O. The molecule has 120 valence electrons. The van der Waals surface area contributed by atoms with Crippen LogP contribution in [0.1, 0.15) is 0 Å². The van der Waals surface area contributed by atoms with E-state index < -0.39 is 35.8 Å². The Morgan fingerprint density at radius 3 is 1.86 bits per heavy atom. The molecule has 1 heterocycles. The third-order valence-electron chi connectivity index (χ3n) is 2.00. The van der Waals surface area contributed by atoms with Crippen molar-refractivity contribution in [3.8, 4) is 0 Å². The van der Waals surface area contributed by atoms with E-state index in [0.717, 1.165) is 5.32 Å². The first-order valence-electron chi connectivity index (χ1n) is 4.50. The summed E-state index contributed by atoms with van der Waals surface area (Å²) in [4.78, 5) is 10.8. The molecule has 21 heavy (non-hydrogen) atoms. The molecule has 0 aliphatic rings. The molecule has 0 aliphatic heterocycles. The Morgan fingerprint density at radius 2 is 1.48 bits per heavy atom. The smallest absolute Gasteiger partial charge is 0.286 e. The minimum atomic E-state index is -7.15. The molecule has 1 aromatic rings. The second-order valence-electron chi connectivity index (χ2n) is 3.41. The summed E-state index contributed by atoms with van der Waals surface area (Å²) in [5, 5.41) is 10.7. The third kappa shape index (κ3) is 2.58. The topological polar surface area (TPSA) is 83.6 Å². The van der Waals surface area contributed by atoms with E-state index in [9.17, 15) is 44.3 Å². The van der Waals surface area contributed by atoms with Crippen LogP contribution in [0.5, 0.6) is 0 Å². The van der Waals surface area contributed by atoms with E-state index in [4.69, 9.17) is 0 Å². The summed E-state index contributed by atoms with van der Waals surface area (Å²) in [6.45, 7) is 0. The van der Waals surface area contributed by atoms with Crippen molar-refractivity contribution in [1.82, 2.24) is 20.6 Å². The maximum atomic E-state index is 13.0. The predicted octanol–water partition coefficient (Wildman–Crippen LogP) is 1.61. The highest BCUT2D eigenvalue weighted by atomic mass is 19.4. The van der Waals surface area contributed by atoms with Gasteiger partial charge in [-0.3, -0.25) is 10.1 Å². The summed E-state index contributed by atoms with van der Waals surface area (Å²) in [6.07, 6.45) is -7.01. The Kier molecular flexibility index (Phi) is 3.82. The van der Waals surface area contributed by atoms with Crippen LogP contribution < -0.4 is 5.32 Å². The lowest BCUT2D eigenvalue weighted by Gasteiger charge is -2.32. The molecule has 15 heteroatoms. The van der Waals surface area contributed by atoms with Gasteiger partial charge in [-0.15, -0.1) is 5.10 Å². The van der Waals surface area contributed by atoms with Crippen LogP contribution >= 0.6 is 0 Å². The number of halogens is 9. The highest BCUT2D eigenvalue weighted by Crippen LogP contribution is 2.53. The Hall–Kier alpha value is -2.09. The second kappa shape index (κ2) is 4.73. The van der Waals surface area contributed by atoms with Gasteiger partial charge in [0.15, 0.2) is 0 Å². The van der Waals surface area contributed by atoms with E-state index in [1.165, 1.54) is 0 Å². The van der Waals surface area contributed by atoms with Crippen molar-refractivity contribution in [2.45, 2.75) is 23.9 Å². The van der Waals surface area contributed by atoms with Crippen molar-refractivity contribution in [3.05, 3.63) is 0 Å². The van der Waals surface area contributed by atoms with E-state index in [1.54, 1.807) is 5.21 Å². The average molecular weight is 331 g/mol. The van der Waals surface area contributed by atoms with Crippen LogP contribution in [0.15, 0.2) is 0 Å². The van der Waals surface area contributed by atoms with Gasteiger partial charge in [-0.1, -0.05) is 5.10 Å². The second-order valence-corrected chi connectivity index (χ2v) is 3.41. The number of carbonyl (C=O) groups excluding carboxylic acids is 1. The third-order valence-corrected chi connectivity index (χ3v) is 2.00. The molecule has 2 N–H and O–H groups in total. The lowest BCUT2D eigenvalue weighted by molar-refractivity contribution is -0.388. The van der Waals surface area contributed by atoms with Crippen molar-refractivity contribution in [2.75, 3.05) is 5.32 Å². The number of carbonyl (C=O) groups is 1. The minimum absolute atomic E-state index is 0.806. The Bertz CT molecular complexity index is 509. The highest BCUT2D eigenvalue weighted by molar-refractivity contribution is 5.95. The van der Waals surface area contributed by atoms with Crippen LogP contribution in [0.3, 0.4) is 0 Å². The minimum Gasteiger partial charge on any atom is -0.286 e. The van der Waals surface area contributed by atoms with Crippen molar-refractivity contribution in [2.24, 2.45) is 0 Å². The fraction of sp³-hybridized carbons (Fsp3) is 0.667. The van der Waals surface area contributed by atoms with Crippen LogP contribution in [-0.2, 0) is 4.79 Å². The van der Waals surface area contributed by atoms with Gasteiger partial charge in [0.25, 0.3) is 5.95 Å². The van der Waals surface area contributed by atoms with E-state index in [1.807, 2.05) is 0 Å². The standard InChI is InChI=1S/C6H2F9N5O/c7-3(8,1(21)16-2-17-19-20-18-2)4(9,10)5(11,12)6(13,14)15/h(H2,16,17,18,19,20,21). The van der Waals surface area contributed by atoms with Crippen LogP contribution in [0.4, 0.5) is 45.5 Å². The Morgan fingerprint density at radius 1 is 0.952 bits per heavy atom. The van der Waals surface area contributed by atoms with Gasteiger partial charge in [0.05, 0.1) is 0 Å². The molecule has 1 amide bonds. The Balaban J connectivity index is 3.12. The molecular weight excluding hydrogens is 329 g/mol. The Labute approximate surface area is 107 Å². The number of H-pyrrole nitrogens is 1. The number of aromatic amines is 1. The van der Waals surface area contributed by atoms with Gasteiger partial charge in [0.1, 0.15) is 0 Å². The molecule has 0 unspecified atom stereocenters. The number of nitrogens with one attached hydrogen (secondary N) is 2. The van der Waals surface area contributed by atoms with Crippen LogP contribution in [0.25, 0.3) is 0 Å². The molecule has 0 atom stereocenters. The number of aromatic nitrogens is 4. The first kappa shape index (κ1) is 17.0. The summed E-state index contributed by atoms with van der Waals surface area (Å²) in [5.74, 6) is -24.9. The largest absolute Gasteiger partial charge is 0.460 e. The van der Waals surface area contributed by atoms with E-state index in [-0.39, 0.29) is 0 Å². The number of anilines is 1. The lowest BCUT2D eigenvalue weighted by atomic mass is 10.0. The van der Waals surface area contributed by atoms with Crippen LogP contribution in [0, 0.1) is 0 Å². The molecule has 0 aromatic carbocycles. The first-order chi connectivity index (χ1) is 9.25. The maximum absolute atomic E-state index is 13.0. The molecule has 1 aromatic heterocycles. The van der Waals surface area contributed by atoms with Gasteiger partial charge in [0, 0.05) is 0 Å². The zero-order chi connectivity index (χ0) is 16.7. The lowest BCUT2D eigenvalue weighted by Crippen LogP contribution is -2.64. The van der Waals surface area contributed by atoms with Crippen LogP contribution in [-0.4, -0.2) is 50.5 Å². The number of nitrogens with zero attached hydrogens (tertiary/aromatic N) is 3. The zero-order valence-corrected chi connectivity index (χ0v) is 9.15.